The van der Waals surface area contributed by atoms with Crippen LogP contribution in [0.1, 0.15) is 53.5 Å². The van der Waals surface area contributed by atoms with E-state index in [0.717, 1.165) is 10.9 Å². The van der Waals surface area contributed by atoms with E-state index in [9.17, 15) is 4.79 Å². The average molecular weight is 408 g/mol. The van der Waals surface area contributed by atoms with Gasteiger partial charge in [0.25, 0.3) is 5.91 Å². The van der Waals surface area contributed by atoms with Crippen LogP contribution in [0.4, 0.5) is 5.95 Å². The topological polar surface area (TPSA) is 116 Å². The van der Waals surface area contributed by atoms with Gasteiger partial charge < -0.3 is 10.5 Å². The summed E-state index contributed by atoms with van der Waals surface area (Å²) in [6.45, 7) is 6.06. The number of nitrogens with two attached hydrogens (primary N) is 2. The van der Waals surface area contributed by atoms with Crippen LogP contribution in [0.3, 0.4) is 0 Å². The van der Waals surface area contributed by atoms with Crippen LogP contribution < -0.4 is 21.7 Å². The van der Waals surface area contributed by atoms with Crippen LogP contribution in [0.5, 0.6) is 5.75 Å². The number of hydrogen-bond acceptors (Lipinski definition) is 6. The van der Waals surface area contributed by atoms with Crippen molar-refractivity contribution in [2.45, 2.75) is 39.7 Å². The molecule has 25 heavy (non-hydrogen) atoms. The van der Waals surface area contributed by atoms with E-state index in [0.29, 0.717) is 23.1 Å². The van der Waals surface area contributed by atoms with E-state index < -0.39 is 5.91 Å². The number of ether oxygens (including phenoxy) is 1. The van der Waals surface area contributed by atoms with Crippen molar-refractivity contribution in [2.75, 3.05) is 5.73 Å². The highest BCUT2D eigenvalue weighted by molar-refractivity contribution is 9.10. The summed E-state index contributed by atoms with van der Waals surface area (Å²) in [5, 5.41) is 0. The van der Waals surface area contributed by atoms with Gasteiger partial charge in [-0.1, -0.05) is 19.9 Å². The largest absolute Gasteiger partial charge is 0.486 e. The van der Waals surface area contributed by atoms with Crippen molar-refractivity contribution in [3.05, 3.63) is 45.2 Å². The summed E-state index contributed by atoms with van der Waals surface area (Å²) in [4.78, 5) is 20.1. The summed E-state index contributed by atoms with van der Waals surface area (Å²) in [6, 6.07) is 5.96. The molecule has 2 rings (SSSR count). The standard InChI is InChI=1S/C17H22BrN5O2/c1-4-9(2)11-5-6-14(12(18)7-11)25-8-13-15(16(24)23-20)10(3)21-17(19)22-13/h5-7,9H,4,8,20H2,1-3H3,(H,23,24)(H2,19,21,22). The van der Waals surface area contributed by atoms with Gasteiger partial charge in [-0.15, -0.1) is 0 Å². The molecular formula is C17H22BrN5O2. The predicted octanol–water partition coefficient (Wildman–Crippen LogP) is 2.83. The van der Waals surface area contributed by atoms with Crippen molar-refractivity contribution in [1.82, 2.24) is 15.4 Å². The molecule has 1 aromatic heterocycles. The molecule has 1 heterocycles. The molecule has 0 aliphatic carbocycles. The lowest BCUT2D eigenvalue weighted by molar-refractivity contribution is 0.0949. The first-order chi connectivity index (χ1) is 11.9. The highest BCUT2D eigenvalue weighted by Crippen LogP contribution is 2.30. The van der Waals surface area contributed by atoms with Gasteiger partial charge in [0.2, 0.25) is 5.95 Å². The second-order valence-corrected chi connectivity index (χ2v) is 6.60. The zero-order valence-corrected chi connectivity index (χ0v) is 16.1. The van der Waals surface area contributed by atoms with E-state index >= 15 is 0 Å². The number of hydrazine groups is 1. The zero-order valence-electron chi connectivity index (χ0n) is 14.5. The molecule has 134 valence electrons. The maximum absolute atomic E-state index is 12.0. The minimum Gasteiger partial charge on any atom is -0.486 e. The number of aromatic nitrogens is 2. The summed E-state index contributed by atoms with van der Waals surface area (Å²) < 4.78 is 6.66. The molecule has 0 aliphatic heterocycles. The van der Waals surface area contributed by atoms with Crippen LogP contribution in [0, 0.1) is 6.92 Å². The number of carbonyl (C=O) groups excluding carboxylic acids is 1. The van der Waals surface area contributed by atoms with Gasteiger partial charge in [-0.25, -0.2) is 15.8 Å². The molecule has 0 fully saturated rings. The lowest BCUT2D eigenvalue weighted by Gasteiger charge is -2.14. The number of benzene rings is 1. The average Bonchev–Trinajstić information content (AvgIpc) is 2.58. The first-order valence-corrected chi connectivity index (χ1v) is 8.72. The molecule has 1 unspecified atom stereocenters. The van der Waals surface area contributed by atoms with E-state index in [1.807, 2.05) is 18.2 Å². The van der Waals surface area contributed by atoms with Crippen LogP contribution >= 0.6 is 15.9 Å². The molecule has 0 saturated heterocycles. The maximum Gasteiger partial charge on any atom is 0.269 e. The third kappa shape index (κ3) is 4.46. The molecule has 5 N–H and O–H groups in total. The Morgan fingerprint density at radius 2 is 2.12 bits per heavy atom. The highest BCUT2D eigenvalue weighted by Gasteiger charge is 2.18. The van der Waals surface area contributed by atoms with E-state index in [-0.39, 0.29) is 18.1 Å². The first kappa shape index (κ1) is 19.1. The van der Waals surface area contributed by atoms with Crippen molar-refractivity contribution >= 4 is 27.8 Å². The van der Waals surface area contributed by atoms with Gasteiger partial charge in [-0.05, 0) is 52.9 Å². The van der Waals surface area contributed by atoms with E-state index in [1.165, 1.54) is 5.56 Å². The minimum atomic E-state index is -0.484. The second-order valence-electron chi connectivity index (χ2n) is 5.75. The lowest BCUT2D eigenvalue weighted by atomic mass is 9.99. The molecule has 2 aromatic rings. The normalized spacial score (nSPS) is 11.9. The Morgan fingerprint density at radius 1 is 1.40 bits per heavy atom. The second kappa shape index (κ2) is 8.26. The molecule has 0 aliphatic rings. The number of nitrogens with one attached hydrogen (secondary N) is 1. The Morgan fingerprint density at radius 3 is 2.72 bits per heavy atom. The van der Waals surface area contributed by atoms with E-state index in [1.54, 1.807) is 6.92 Å². The number of halogens is 1. The van der Waals surface area contributed by atoms with Crippen molar-refractivity contribution in [3.8, 4) is 5.75 Å². The summed E-state index contributed by atoms with van der Waals surface area (Å²) in [7, 11) is 0. The molecule has 7 nitrogen and oxygen atoms in total. The molecule has 0 radical (unpaired) electrons. The number of nitrogens with zero attached hydrogens (tertiary/aromatic N) is 2. The Hall–Kier alpha value is -2.19. The number of aryl methyl sites for hydroxylation is 1. The quantitative estimate of drug-likeness (QED) is 0.385. The molecule has 0 saturated carbocycles. The fourth-order valence-electron chi connectivity index (χ4n) is 2.45. The van der Waals surface area contributed by atoms with Crippen LogP contribution in [0.15, 0.2) is 22.7 Å². The smallest absolute Gasteiger partial charge is 0.269 e. The van der Waals surface area contributed by atoms with Gasteiger partial charge in [0.05, 0.1) is 21.4 Å². The maximum atomic E-state index is 12.0. The number of rotatable bonds is 6. The minimum absolute atomic E-state index is 0.0671. The van der Waals surface area contributed by atoms with Crippen molar-refractivity contribution in [2.24, 2.45) is 5.84 Å². The molecule has 0 spiro atoms. The molecule has 0 bridgehead atoms. The van der Waals surface area contributed by atoms with Crippen molar-refractivity contribution < 1.29 is 9.53 Å². The van der Waals surface area contributed by atoms with Crippen LogP contribution in [0.25, 0.3) is 0 Å². The lowest BCUT2D eigenvalue weighted by Crippen LogP contribution is -2.32. The molecule has 1 atom stereocenters. The van der Waals surface area contributed by atoms with Gasteiger partial charge >= 0.3 is 0 Å². The number of carbonyl (C=O) groups is 1. The number of anilines is 1. The molecule has 8 heteroatoms. The van der Waals surface area contributed by atoms with Crippen LogP contribution in [0.2, 0.25) is 0 Å². The summed E-state index contributed by atoms with van der Waals surface area (Å²) in [5.41, 5.74) is 10.1. The van der Waals surface area contributed by atoms with Gasteiger partial charge in [-0.2, -0.15) is 0 Å². The Bertz CT molecular complexity index is 782. The van der Waals surface area contributed by atoms with Gasteiger partial charge in [0, 0.05) is 0 Å². The fourth-order valence-corrected chi connectivity index (χ4v) is 2.96. The van der Waals surface area contributed by atoms with E-state index in [4.69, 9.17) is 16.3 Å². The van der Waals surface area contributed by atoms with Gasteiger partial charge in [-0.3, -0.25) is 10.2 Å². The Kier molecular flexibility index (Phi) is 6.33. The third-order valence-corrected chi connectivity index (χ3v) is 4.66. The Labute approximate surface area is 155 Å². The van der Waals surface area contributed by atoms with Gasteiger partial charge in [0.15, 0.2) is 0 Å². The third-order valence-electron chi connectivity index (χ3n) is 4.04. The van der Waals surface area contributed by atoms with Crippen molar-refractivity contribution in [1.29, 1.82) is 0 Å². The number of amides is 1. The SMILES string of the molecule is CCC(C)c1ccc(OCc2nc(N)nc(C)c2C(=O)NN)c(Br)c1. The Balaban J connectivity index is 2.26. The first-order valence-electron chi connectivity index (χ1n) is 7.93. The van der Waals surface area contributed by atoms with Crippen LogP contribution in [-0.2, 0) is 6.61 Å². The monoisotopic (exact) mass is 407 g/mol. The fraction of sp³-hybridized carbons (Fsp3) is 0.353. The molecule has 1 amide bonds. The van der Waals surface area contributed by atoms with E-state index in [2.05, 4.69) is 45.2 Å². The number of nitrogen functional groups attached to an aromatic ring is 2. The highest BCUT2D eigenvalue weighted by atomic mass is 79.9. The molecule has 1 aromatic carbocycles. The molecular weight excluding hydrogens is 386 g/mol. The predicted molar refractivity (Wildman–Crippen MR) is 100 cm³/mol. The zero-order chi connectivity index (χ0) is 18.6. The summed E-state index contributed by atoms with van der Waals surface area (Å²) in [6.07, 6.45) is 1.06. The summed E-state index contributed by atoms with van der Waals surface area (Å²) in [5.74, 6) is 5.95. The van der Waals surface area contributed by atoms with Crippen molar-refractivity contribution in [3.63, 3.8) is 0 Å². The van der Waals surface area contributed by atoms with Crippen LogP contribution in [-0.4, -0.2) is 15.9 Å². The summed E-state index contributed by atoms with van der Waals surface area (Å²) >= 11 is 3.53. The van der Waals surface area contributed by atoms with Gasteiger partial charge in [0.1, 0.15) is 12.4 Å². The number of hydrogen-bond donors (Lipinski definition) is 3.